The number of rotatable bonds is 12. The Morgan fingerprint density at radius 1 is 0.588 bits per heavy atom. The van der Waals surface area contributed by atoms with E-state index in [4.69, 9.17) is 29.4 Å². The number of likely N-dealkylation sites (N-methyl/N-ethyl adjacent to an activating group) is 2. The van der Waals surface area contributed by atoms with Crippen molar-refractivity contribution in [3.63, 3.8) is 0 Å². The van der Waals surface area contributed by atoms with Gasteiger partial charge in [-0.25, -0.2) is 0 Å². The van der Waals surface area contributed by atoms with Gasteiger partial charge in [0.2, 0.25) is 5.78 Å². The smallest absolute Gasteiger partial charge is 0.318 e. The first kappa shape index (κ1) is 59.6. The van der Waals surface area contributed by atoms with Crippen LogP contribution >= 0.6 is 0 Å². The summed E-state index contributed by atoms with van der Waals surface area (Å²) in [7, 11) is 4.31. The molecule has 0 radical (unpaired) electrons. The minimum absolute atomic E-state index is 0.0718. The van der Waals surface area contributed by atoms with Crippen molar-refractivity contribution in [2.75, 3.05) is 112 Å². The van der Waals surface area contributed by atoms with Crippen LogP contribution in [0.3, 0.4) is 0 Å². The van der Waals surface area contributed by atoms with E-state index in [9.17, 15) is 20.1 Å². The van der Waals surface area contributed by atoms with Crippen LogP contribution in [0.2, 0.25) is 0 Å². The maximum absolute atomic E-state index is 12.7. The molecule has 0 aliphatic carbocycles. The van der Waals surface area contributed by atoms with E-state index >= 15 is 0 Å². The number of nitrogens with one attached hydrogen (secondary N) is 1. The molecule has 4 aromatic carbocycles. The van der Waals surface area contributed by atoms with E-state index in [-0.39, 0.29) is 30.2 Å². The fraction of sp³-hybridized carbons (Fsp3) is 0.463. The minimum Gasteiger partial charge on any atom is -0.462 e. The van der Waals surface area contributed by atoms with Gasteiger partial charge in [0.25, 0.3) is 5.91 Å². The van der Waals surface area contributed by atoms with Gasteiger partial charge in [-0.3, -0.25) is 9.59 Å². The van der Waals surface area contributed by atoms with Gasteiger partial charge in [-0.2, -0.15) is 30.5 Å². The number of benzene rings is 4. The van der Waals surface area contributed by atoms with Gasteiger partial charge in [0.15, 0.2) is 0 Å². The summed E-state index contributed by atoms with van der Waals surface area (Å²) < 4.78 is 12.6. The van der Waals surface area contributed by atoms with Crippen molar-refractivity contribution in [1.29, 1.82) is 10.5 Å². The monoisotopic (exact) mass is 1140 g/mol. The zero-order valence-corrected chi connectivity index (χ0v) is 49.9. The van der Waals surface area contributed by atoms with Crippen LogP contribution in [0.4, 0.5) is 23.0 Å². The van der Waals surface area contributed by atoms with Crippen LogP contribution in [0, 0.1) is 46.3 Å². The molecule has 6 aliphatic rings. The van der Waals surface area contributed by atoms with Gasteiger partial charge in [0.05, 0.1) is 55.5 Å². The van der Waals surface area contributed by atoms with Crippen molar-refractivity contribution < 1.29 is 19.1 Å². The normalized spacial score (nSPS) is 20.2. The predicted molar refractivity (Wildman–Crippen MR) is 334 cm³/mol. The highest BCUT2D eigenvalue weighted by Gasteiger charge is 2.35. The summed E-state index contributed by atoms with van der Waals surface area (Å²) in [6.45, 7) is 15.3. The number of anilines is 4. The first-order valence-corrected chi connectivity index (χ1v) is 30.1. The number of nitriles is 2. The molecule has 1 amide bonds. The minimum atomic E-state index is -0.255. The number of ketones is 1. The number of carbonyl (C=O) groups is 2. The Morgan fingerprint density at radius 2 is 1.11 bits per heavy atom. The highest BCUT2D eigenvalue weighted by atomic mass is 16.5. The summed E-state index contributed by atoms with van der Waals surface area (Å²) in [6.07, 6.45) is 7.05. The third-order valence-corrected chi connectivity index (χ3v) is 17.2. The lowest BCUT2D eigenvalue weighted by molar-refractivity contribution is -0.127. The average molecular weight is 1140 g/mol. The molecule has 1 N–H and O–H groups in total. The van der Waals surface area contributed by atoms with Crippen LogP contribution in [0.15, 0.2) is 84.9 Å². The van der Waals surface area contributed by atoms with Gasteiger partial charge in [-0.05, 0) is 114 Å². The number of likely N-dealkylation sites (tertiary alicyclic amines) is 2. The predicted octanol–water partition coefficient (Wildman–Crippen LogP) is 7.58. The third kappa shape index (κ3) is 14.4. The van der Waals surface area contributed by atoms with Crippen LogP contribution in [-0.4, -0.2) is 163 Å². The average Bonchev–Trinajstić information content (AvgIpc) is 2.10. The van der Waals surface area contributed by atoms with E-state index in [1.54, 1.807) is 18.7 Å². The number of piperazine rings is 2. The quantitative estimate of drug-likeness (QED) is 0.0933. The van der Waals surface area contributed by atoms with Crippen LogP contribution in [0.5, 0.6) is 12.0 Å². The number of ether oxygens (including phenoxy) is 2. The Bertz CT molecular complexity index is 3570. The number of nitrogens with zero attached hydrogens (tertiary/aromatic N) is 13. The first-order valence-electron chi connectivity index (χ1n) is 30.1. The van der Waals surface area contributed by atoms with Crippen LogP contribution in [0.1, 0.15) is 81.8 Å². The fourth-order valence-corrected chi connectivity index (χ4v) is 12.7. The third-order valence-electron chi connectivity index (χ3n) is 17.2. The van der Waals surface area contributed by atoms with E-state index in [1.165, 1.54) is 58.2 Å². The first-order chi connectivity index (χ1) is 41.5. The van der Waals surface area contributed by atoms with E-state index in [1.807, 2.05) is 0 Å². The molecule has 2 unspecified atom stereocenters. The summed E-state index contributed by atoms with van der Waals surface area (Å²) >= 11 is 0. The number of hydrogen-bond donors (Lipinski definition) is 1. The van der Waals surface area contributed by atoms with Crippen LogP contribution in [0.25, 0.3) is 21.5 Å². The molecule has 6 aromatic rings. The molecule has 18 heteroatoms. The Balaban J connectivity index is 0.000000174. The molecule has 0 saturated carbocycles. The largest absolute Gasteiger partial charge is 0.462 e. The zero-order valence-electron chi connectivity index (χ0n) is 49.9. The van der Waals surface area contributed by atoms with Gasteiger partial charge >= 0.3 is 12.0 Å². The SMILES string of the molecule is CC#CC(=O)N1CCN(c2nc(OC[C@@H]3CCCN3C)nc3c2CCN(c2cccc4ccccc24)C3)CC1CC#N.CC#CC(C)=O.CN1CCC[C@H]1COc1nc2c(c(N3CCNC(CC#N)C3)n1)CCN(c1cccc3ccccc13)C2. The van der Waals surface area contributed by atoms with E-state index in [2.05, 4.69) is 170 Å². The fourth-order valence-electron chi connectivity index (χ4n) is 12.7. The van der Waals surface area contributed by atoms with E-state index in [0.717, 1.165) is 107 Å². The number of amides is 1. The lowest BCUT2D eigenvalue weighted by Gasteiger charge is -2.41. The molecule has 4 saturated heterocycles. The molecule has 12 rings (SSSR count). The van der Waals surface area contributed by atoms with Crippen molar-refractivity contribution in [2.24, 2.45) is 0 Å². The molecule has 2 aromatic heterocycles. The standard InChI is InChI=1S/C33H37N7O2.C29H35N7O.C5H6O/c1-3-8-31(41)40-20-19-39(21-25(40)14-16-34)32-28-15-18-38(30-13-6-10-24-9-4-5-12-27(24)30)22-29(28)35-33(36-32)42-23-26-11-7-17-37(26)2;1-34-15-5-8-23(34)20-37-29-32-26-19-35(27-10-4-7-21-6-2-3-9-24(21)27)16-12-25(26)28(33-29)36-17-14-31-22(18-36)11-13-30;1-3-4-5(2)6/h4-6,9-10,12-13,25-26H,7,11,14-15,17-23H2,1-2H3;2-4,6-7,9-10,22-23,31H,5,8,11-12,14-20H2,1H3;1-2H3/t25?,26-;22?,23-;/m00./s1. The molecule has 0 bridgehead atoms. The molecule has 4 atom stereocenters. The number of Topliss-reactive ketones (excluding diaryl/α,β-unsaturated/α-hetero) is 1. The molecular weight excluding hydrogens is 1060 g/mol. The number of aromatic nitrogens is 4. The van der Waals surface area contributed by atoms with Gasteiger partial charge < -0.3 is 49.1 Å². The number of carbonyl (C=O) groups excluding carboxylic acids is 2. The van der Waals surface area contributed by atoms with Gasteiger partial charge in [-0.1, -0.05) is 84.6 Å². The van der Waals surface area contributed by atoms with Gasteiger partial charge in [0, 0.05) is 111 Å². The van der Waals surface area contributed by atoms with E-state index < -0.39 is 0 Å². The Labute approximate surface area is 500 Å². The summed E-state index contributed by atoms with van der Waals surface area (Å²) in [5.74, 6) is 11.7. The van der Waals surface area contributed by atoms with Crippen molar-refractivity contribution >= 4 is 56.2 Å². The van der Waals surface area contributed by atoms with Crippen LogP contribution in [-0.2, 0) is 35.5 Å². The summed E-state index contributed by atoms with van der Waals surface area (Å²) in [5, 5.41) is 27.3. The summed E-state index contributed by atoms with van der Waals surface area (Å²) in [5.41, 5.74) is 6.82. The molecule has 85 heavy (non-hydrogen) atoms. The van der Waals surface area contributed by atoms with Crippen molar-refractivity contribution in [3.8, 4) is 47.8 Å². The van der Waals surface area contributed by atoms with E-state index in [0.29, 0.717) is 69.9 Å². The maximum atomic E-state index is 12.7. The molecular formula is C67H78N14O4. The molecule has 4 fully saturated rings. The molecule has 6 aliphatic heterocycles. The highest BCUT2D eigenvalue weighted by molar-refractivity contribution is 5.96. The topological polar surface area (TPSA) is 186 Å². The number of hydrogen-bond acceptors (Lipinski definition) is 17. The summed E-state index contributed by atoms with van der Waals surface area (Å²) in [6, 6.07) is 36.2. The van der Waals surface area contributed by atoms with Crippen molar-refractivity contribution in [1.82, 2.24) is 40.0 Å². The van der Waals surface area contributed by atoms with Crippen molar-refractivity contribution in [3.05, 3.63) is 107 Å². The zero-order chi connectivity index (χ0) is 59.2. The summed E-state index contributed by atoms with van der Waals surface area (Å²) in [4.78, 5) is 58.3. The molecule has 18 nitrogen and oxygen atoms in total. The second-order valence-electron chi connectivity index (χ2n) is 22.8. The van der Waals surface area contributed by atoms with Crippen LogP contribution < -0.4 is 34.4 Å². The Hall–Kier alpha value is -8.52. The highest BCUT2D eigenvalue weighted by Crippen LogP contribution is 2.37. The Morgan fingerprint density at radius 3 is 1.59 bits per heavy atom. The lowest BCUT2D eigenvalue weighted by atomic mass is 10.0. The maximum Gasteiger partial charge on any atom is 0.318 e. The number of fused-ring (bicyclic) bond motifs is 4. The molecule has 8 heterocycles. The lowest BCUT2D eigenvalue weighted by Crippen LogP contribution is -2.55. The van der Waals surface area contributed by atoms with Gasteiger partial charge in [-0.15, -0.1) is 0 Å². The van der Waals surface area contributed by atoms with Gasteiger partial charge in [0.1, 0.15) is 24.8 Å². The second-order valence-corrected chi connectivity index (χ2v) is 22.8. The Kier molecular flexibility index (Phi) is 19.9. The molecule has 0 spiro atoms. The van der Waals surface area contributed by atoms with Crippen molar-refractivity contribution in [2.45, 2.75) is 109 Å². The second kappa shape index (κ2) is 28.4. The molecule has 440 valence electrons.